The molecule has 180 valence electrons. The van der Waals surface area contributed by atoms with Gasteiger partial charge in [0.05, 0.1) is 13.2 Å². The summed E-state index contributed by atoms with van der Waals surface area (Å²) in [6.45, 7) is 2.56. The van der Waals surface area contributed by atoms with E-state index in [1.807, 2.05) is 70.1 Å². The fourth-order valence-corrected chi connectivity index (χ4v) is 3.38. The lowest BCUT2D eigenvalue weighted by molar-refractivity contribution is 0.296. The van der Waals surface area contributed by atoms with E-state index >= 15 is 0 Å². The Morgan fingerprint density at radius 3 is 1.47 bits per heavy atom. The standard InChI is InChI=1S/C25H33N7O2/c1-29-23(26)19-5-9-21(10-6-19)33-17-3-13-31-15-16-32(25(31)28)14-4-18-34-22-11-7-20(8-12-22)24(27)30-2/h5-12,15-16,28H,3-4,13-14,17-18H2,1-2H3,(H2,26,29)(H2,27,30). The van der Waals surface area contributed by atoms with E-state index in [0.29, 0.717) is 43.6 Å². The number of rotatable bonds is 12. The number of hydrogen-bond acceptors (Lipinski definition) is 5. The van der Waals surface area contributed by atoms with Gasteiger partial charge in [-0.1, -0.05) is 0 Å². The summed E-state index contributed by atoms with van der Waals surface area (Å²) >= 11 is 0. The summed E-state index contributed by atoms with van der Waals surface area (Å²) in [7, 11) is 3.33. The average Bonchev–Trinajstić information content (AvgIpc) is 3.23. The highest BCUT2D eigenvalue weighted by atomic mass is 16.5. The van der Waals surface area contributed by atoms with Crippen molar-refractivity contribution in [2.24, 2.45) is 21.5 Å². The number of nitrogens with two attached hydrogens (primary N) is 2. The van der Waals surface area contributed by atoms with Gasteiger partial charge in [0, 0.05) is 50.7 Å². The monoisotopic (exact) mass is 463 g/mol. The Bertz CT molecular complexity index is 1070. The highest BCUT2D eigenvalue weighted by Gasteiger charge is 2.03. The van der Waals surface area contributed by atoms with Gasteiger partial charge in [-0.3, -0.25) is 15.4 Å². The molecule has 3 rings (SSSR count). The molecule has 2 aromatic carbocycles. The SMILES string of the molecule is CN=C(N)c1ccc(OCCCn2ccn(CCCOc3ccc(C(N)=NC)cc3)c2=N)cc1. The van der Waals surface area contributed by atoms with Crippen LogP contribution in [0.3, 0.4) is 0 Å². The zero-order valence-electron chi connectivity index (χ0n) is 19.8. The molecule has 0 spiro atoms. The van der Waals surface area contributed by atoms with Crippen LogP contribution >= 0.6 is 0 Å². The van der Waals surface area contributed by atoms with Gasteiger partial charge in [0.1, 0.15) is 23.2 Å². The van der Waals surface area contributed by atoms with Crippen molar-refractivity contribution in [3.05, 3.63) is 77.7 Å². The maximum absolute atomic E-state index is 8.39. The predicted molar refractivity (Wildman–Crippen MR) is 135 cm³/mol. The third-order valence-electron chi connectivity index (χ3n) is 5.38. The van der Waals surface area contributed by atoms with Crippen LogP contribution in [-0.2, 0) is 13.1 Å². The number of nitrogens with one attached hydrogen (secondary N) is 1. The van der Waals surface area contributed by atoms with Crippen LogP contribution < -0.4 is 26.6 Å². The minimum Gasteiger partial charge on any atom is -0.494 e. The molecule has 0 aliphatic carbocycles. The molecule has 0 aliphatic rings. The first kappa shape index (κ1) is 24.6. The summed E-state index contributed by atoms with van der Waals surface area (Å²) in [6, 6.07) is 15.1. The van der Waals surface area contributed by atoms with Crippen LogP contribution in [0.5, 0.6) is 11.5 Å². The molecule has 0 unspecified atom stereocenters. The van der Waals surface area contributed by atoms with Crippen molar-refractivity contribution < 1.29 is 9.47 Å². The summed E-state index contributed by atoms with van der Waals surface area (Å²) in [5.41, 5.74) is 13.8. The van der Waals surface area contributed by atoms with Crippen molar-refractivity contribution in [3.8, 4) is 11.5 Å². The first-order valence-corrected chi connectivity index (χ1v) is 11.2. The Balaban J connectivity index is 1.38. The first-order chi connectivity index (χ1) is 16.5. The molecule has 34 heavy (non-hydrogen) atoms. The number of ether oxygens (including phenoxy) is 2. The predicted octanol–water partition coefficient (Wildman–Crippen LogP) is 2.38. The van der Waals surface area contributed by atoms with Crippen LogP contribution in [0.15, 0.2) is 70.9 Å². The smallest absolute Gasteiger partial charge is 0.202 e. The second kappa shape index (κ2) is 12.3. The average molecular weight is 464 g/mol. The summed E-state index contributed by atoms with van der Waals surface area (Å²) in [5, 5.41) is 8.39. The molecule has 0 atom stereocenters. The van der Waals surface area contributed by atoms with E-state index in [4.69, 9.17) is 26.4 Å². The van der Waals surface area contributed by atoms with E-state index in [1.165, 1.54) is 0 Å². The van der Waals surface area contributed by atoms with Crippen LogP contribution in [0.2, 0.25) is 0 Å². The lowest BCUT2D eigenvalue weighted by Crippen LogP contribution is -2.25. The fourth-order valence-electron chi connectivity index (χ4n) is 3.38. The molecule has 0 saturated heterocycles. The largest absolute Gasteiger partial charge is 0.494 e. The quantitative estimate of drug-likeness (QED) is 0.216. The van der Waals surface area contributed by atoms with Crippen molar-refractivity contribution in [1.29, 1.82) is 5.41 Å². The molecule has 0 bridgehead atoms. The number of benzene rings is 2. The summed E-state index contributed by atoms with van der Waals surface area (Å²) in [4.78, 5) is 7.94. The Kier molecular flexibility index (Phi) is 8.90. The van der Waals surface area contributed by atoms with Gasteiger partial charge in [-0.05, 0) is 61.4 Å². The van der Waals surface area contributed by atoms with E-state index in [1.54, 1.807) is 14.1 Å². The normalized spacial score (nSPS) is 12.1. The minimum absolute atomic E-state index is 0.470. The highest BCUT2D eigenvalue weighted by molar-refractivity contribution is 5.97. The van der Waals surface area contributed by atoms with Crippen LogP contribution in [0.1, 0.15) is 24.0 Å². The Morgan fingerprint density at radius 2 is 1.12 bits per heavy atom. The Hall–Kier alpha value is -4.01. The molecule has 1 aromatic heterocycles. The third-order valence-corrected chi connectivity index (χ3v) is 5.38. The molecule has 0 radical (unpaired) electrons. The molecule has 5 N–H and O–H groups in total. The molecule has 0 amide bonds. The number of amidine groups is 2. The molecule has 1 heterocycles. The molecular weight excluding hydrogens is 430 g/mol. The summed E-state index contributed by atoms with van der Waals surface area (Å²) < 4.78 is 15.4. The van der Waals surface area contributed by atoms with Crippen molar-refractivity contribution in [2.75, 3.05) is 27.3 Å². The van der Waals surface area contributed by atoms with Crippen molar-refractivity contribution >= 4 is 11.7 Å². The first-order valence-electron chi connectivity index (χ1n) is 11.2. The molecule has 0 fully saturated rings. The molecule has 3 aromatic rings. The lowest BCUT2D eigenvalue weighted by atomic mass is 10.2. The third kappa shape index (κ3) is 6.74. The maximum atomic E-state index is 8.39. The zero-order valence-corrected chi connectivity index (χ0v) is 19.8. The van der Waals surface area contributed by atoms with Crippen LogP contribution in [0, 0.1) is 5.41 Å². The topological polar surface area (TPSA) is 129 Å². The van der Waals surface area contributed by atoms with Crippen LogP contribution in [0.4, 0.5) is 0 Å². The number of hydrogen-bond donors (Lipinski definition) is 3. The van der Waals surface area contributed by atoms with Gasteiger partial charge >= 0.3 is 0 Å². The fraction of sp³-hybridized carbons (Fsp3) is 0.320. The van der Waals surface area contributed by atoms with Crippen molar-refractivity contribution in [2.45, 2.75) is 25.9 Å². The number of aryl methyl sites for hydroxylation is 2. The molecule has 9 heteroatoms. The molecule has 9 nitrogen and oxygen atoms in total. The number of imidazole rings is 1. The van der Waals surface area contributed by atoms with Gasteiger partial charge in [-0.15, -0.1) is 0 Å². The van der Waals surface area contributed by atoms with E-state index in [2.05, 4.69) is 9.98 Å². The van der Waals surface area contributed by atoms with Crippen LogP contribution in [-0.4, -0.2) is 48.1 Å². The van der Waals surface area contributed by atoms with Crippen molar-refractivity contribution in [3.63, 3.8) is 0 Å². The highest BCUT2D eigenvalue weighted by Crippen LogP contribution is 2.13. The van der Waals surface area contributed by atoms with Gasteiger partial charge in [0.2, 0.25) is 5.62 Å². The second-order valence-corrected chi connectivity index (χ2v) is 7.68. The van der Waals surface area contributed by atoms with Crippen molar-refractivity contribution in [1.82, 2.24) is 9.13 Å². The molecule has 0 saturated carbocycles. The Labute approximate surface area is 199 Å². The van der Waals surface area contributed by atoms with Gasteiger partial charge in [-0.2, -0.15) is 0 Å². The van der Waals surface area contributed by atoms with E-state index in [9.17, 15) is 0 Å². The van der Waals surface area contributed by atoms with Gasteiger partial charge in [-0.25, -0.2) is 0 Å². The molecular formula is C25H33N7O2. The summed E-state index contributed by atoms with van der Waals surface area (Å²) in [6.07, 6.45) is 5.47. The number of nitrogens with zero attached hydrogens (tertiary/aromatic N) is 4. The minimum atomic E-state index is 0.470. The number of aromatic nitrogens is 2. The zero-order chi connectivity index (χ0) is 24.3. The van der Waals surface area contributed by atoms with E-state index in [-0.39, 0.29) is 0 Å². The number of aliphatic imine (C=N–C) groups is 2. The van der Waals surface area contributed by atoms with Crippen LogP contribution in [0.25, 0.3) is 0 Å². The van der Waals surface area contributed by atoms with Gasteiger partial charge < -0.3 is 30.1 Å². The Morgan fingerprint density at radius 1 is 0.735 bits per heavy atom. The van der Waals surface area contributed by atoms with Gasteiger partial charge in [0.15, 0.2) is 0 Å². The van der Waals surface area contributed by atoms with Gasteiger partial charge in [0.25, 0.3) is 0 Å². The maximum Gasteiger partial charge on any atom is 0.202 e. The molecule has 0 aliphatic heterocycles. The lowest BCUT2D eigenvalue weighted by Gasteiger charge is -2.09. The second-order valence-electron chi connectivity index (χ2n) is 7.68. The summed E-state index contributed by atoms with van der Waals surface area (Å²) in [5.74, 6) is 2.59. The van der Waals surface area contributed by atoms with E-state index < -0.39 is 0 Å². The van der Waals surface area contributed by atoms with E-state index in [0.717, 1.165) is 35.5 Å².